The summed E-state index contributed by atoms with van der Waals surface area (Å²) in [6.07, 6.45) is 3.70. The molecule has 5 aromatic rings. The fourth-order valence-electron chi connectivity index (χ4n) is 3.68. The average Bonchev–Trinajstić information content (AvgIpc) is 3.48. The third-order valence-corrected chi connectivity index (χ3v) is 5.05. The molecule has 0 unspecified atom stereocenters. The minimum Gasteiger partial charge on any atom is -0.454 e. The van der Waals surface area contributed by atoms with Gasteiger partial charge in [0.05, 0.1) is 12.2 Å². The summed E-state index contributed by atoms with van der Waals surface area (Å²) in [7, 11) is 2.06. The molecule has 0 radical (unpaired) electrons. The predicted molar refractivity (Wildman–Crippen MR) is 115 cm³/mol. The van der Waals surface area contributed by atoms with Gasteiger partial charge < -0.3 is 8.94 Å². The van der Waals surface area contributed by atoms with Crippen molar-refractivity contribution in [3.8, 4) is 11.5 Å². The Kier molecular flexibility index (Phi) is 4.91. The van der Waals surface area contributed by atoms with Crippen molar-refractivity contribution in [2.24, 2.45) is 0 Å². The molecule has 0 spiro atoms. The van der Waals surface area contributed by atoms with Crippen LogP contribution in [0, 0.1) is 0 Å². The van der Waals surface area contributed by atoms with E-state index in [1.54, 1.807) is 6.26 Å². The Balaban J connectivity index is 1.48. The van der Waals surface area contributed by atoms with E-state index in [2.05, 4.69) is 47.6 Å². The van der Waals surface area contributed by atoms with E-state index in [0.29, 0.717) is 19.6 Å². The molecule has 0 N–H and O–H groups in total. The number of hydrogen-bond acceptors (Lipinski definition) is 5. The van der Waals surface area contributed by atoms with Crippen LogP contribution < -0.4 is 0 Å². The minimum atomic E-state index is 0.694. The molecule has 6 nitrogen and oxygen atoms in total. The Hall–Kier alpha value is -3.64. The van der Waals surface area contributed by atoms with Crippen LogP contribution in [0.15, 0.2) is 88.1 Å². The van der Waals surface area contributed by atoms with Crippen LogP contribution in [-0.4, -0.2) is 26.9 Å². The van der Waals surface area contributed by atoms with Crippen LogP contribution in [0.1, 0.15) is 16.8 Å². The number of aromatic nitrogens is 3. The van der Waals surface area contributed by atoms with E-state index >= 15 is 0 Å². The first kappa shape index (κ1) is 18.4. The summed E-state index contributed by atoms with van der Waals surface area (Å²) in [5.41, 5.74) is 4.95. The highest BCUT2D eigenvalue weighted by atomic mass is 16.5. The predicted octanol–water partition coefficient (Wildman–Crippen LogP) is 4.96. The molecule has 0 aliphatic carbocycles. The number of rotatable bonds is 7. The second-order valence-corrected chi connectivity index (χ2v) is 7.50. The van der Waals surface area contributed by atoms with Crippen molar-refractivity contribution in [3.63, 3.8) is 0 Å². The summed E-state index contributed by atoms with van der Waals surface area (Å²) >= 11 is 0. The molecule has 0 amide bonds. The highest BCUT2D eigenvalue weighted by Gasteiger charge is 2.17. The Labute approximate surface area is 174 Å². The van der Waals surface area contributed by atoms with Crippen molar-refractivity contribution in [1.82, 2.24) is 19.8 Å². The van der Waals surface area contributed by atoms with Crippen LogP contribution in [-0.2, 0) is 19.6 Å². The summed E-state index contributed by atoms with van der Waals surface area (Å²) in [6, 6.07) is 22.3. The van der Waals surface area contributed by atoms with Crippen molar-refractivity contribution in [1.29, 1.82) is 0 Å². The number of para-hydroxylation sites is 1. The number of nitrogens with zero attached hydrogens (tertiary/aromatic N) is 4. The molecule has 0 bridgehead atoms. The lowest BCUT2D eigenvalue weighted by Crippen LogP contribution is -2.17. The molecule has 3 heterocycles. The van der Waals surface area contributed by atoms with Gasteiger partial charge in [-0.2, -0.15) is 5.10 Å². The zero-order valence-electron chi connectivity index (χ0n) is 16.7. The quantitative estimate of drug-likeness (QED) is 0.388. The molecule has 0 saturated heterocycles. The average molecular weight is 398 g/mol. The molecule has 0 saturated carbocycles. The largest absolute Gasteiger partial charge is 0.454 e. The van der Waals surface area contributed by atoms with Gasteiger partial charge in [0, 0.05) is 36.3 Å². The van der Waals surface area contributed by atoms with Crippen LogP contribution in [0.5, 0.6) is 0 Å². The van der Waals surface area contributed by atoms with Gasteiger partial charge in [0.15, 0.2) is 5.76 Å². The van der Waals surface area contributed by atoms with E-state index in [9.17, 15) is 0 Å². The Bertz CT molecular complexity index is 1210. The Morgan fingerprint density at radius 3 is 2.60 bits per heavy atom. The molecule has 0 aliphatic heterocycles. The van der Waals surface area contributed by atoms with E-state index in [-0.39, 0.29) is 0 Å². The third kappa shape index (κ3) is 3.90. The van der Waals surface area contributed by atoms with Crippen LogP contribution in [0.25, 0.3) is 22.4 Å². The molecule has 0 fully saturated rings. The number of hydrogen-bond donors (Lipinski definition) is 0. The van der Waals surface area contributed by atoms with Gasteiger partial charge in [-0.25, -0.2) is 0 Å². The van der Waals surface area contributed by atoms with E-state index in [1.807, 2.05) is 47.1 Å². The van der Waals surface area contributed by atoms with Crippen molar-refractivity contribution >= 4 is 11.0 Å². The van der Waals surface area contributed by atoms with Crippen LogP contribution in [0.3, 0.4) is 0 Å². The zero-order chi connectivity index (χ0) is 20.3. The van der Waals surface area contributed by atoms with Gasteiger partial charge in [-0.05, 0) is 24.7 Å². The van der Waals surface area contributed by atoms with Crippen LogP contribution in [0.4, 0.5) is 0 Å². The van der Waals surface area contributed by atoms with Crippen molar-refractivity contribution in [3.05, 3.63) is 96.0 Å². The fourth-order valence-corrected chi connectivity index (χ4v) is 3.68. The lowest BCUT2D eigenvalue weighted by molar-refractivity contribution is 0.303. The second kappa shape index (κ2) is 8.00. The van der Waals surface area contributed by atoms with Gasteiger partial charge in [0.25, 0.3) is 0 Å². The van der Waals surface area contributed by atoms with Crippen molar-refractivity contribution in [2.75, 3.05) is 7.05 Å². The SMILES string of the molecule is CN(Cc1ccon1)Cc1cn(Cc2ccccc2)nc1-c1cc2ccccc2o1. The minimum absolute atomic E-state index is 0.694. The summed E-state index contributed by atoms with van der Waals surface area (Å²) in [6.45, 7) is 2.12. The Morgan fingerprint density at radius 2 is 1.80 bits per heavy atom. The second-order valence-electron chi connectivity index (χ2n) is 7.50. The molecule has 30 heavy (non-hydrogen) atoms. The maximum absolute atomic E-state index is 6.12. The molecule has 150 valence electrons. The fraction of sp³-hybridized carbons (Fsp3) is 0.167. The topological polar surface area (TPSA) is 60.2 Å². The Morgan fingerprint density at radius 1 is 0.967 bits per heavy atom. The van der Waals surface area contributed by atoms with Gasteiger partial charge in [-0.15, -0.1) is 0 Å². The summed E-state index contributed by atoms with van der Waals surface area (Å²) in [5.74, 6) is 0.785. The number of fused-ring (bicyclic) bond motifs is 1. The highest BCUT2D eigenvalue weighted by molar-refractivity contribution is 5.82. The van der Waals surface area contributed by atoms with E-state index in [4.69, 9.17) is 14.0 Å². The molecule has 2 aromatic carbocycles. The zero-order valence-corrected chi connectivity index (χ0v) is 16.7. The van der Waals surface area contributed by atoms with E-state index in [1.165, 1.54) is 5.56 Å². The number of benzene rings is 2. The summed E-state index contributed by atoms with van der Waals surface area (Å²) in [4.78, 5) is 2.19. The molecule has 0 aliphatic rings. The van der Waals surface area contributed by atoms with Crippen LogP contribution in [0.2, 0.25) is 0 Å². The van der Waals surface area contributed by atoms with Crippen molar-refractivity contribution in [2.45, 2.75) is 19.6 Å². The maximum atomic E-state index is 6.12. The van der Waals surface area contributed by atoms with Crippen LogP contribution >= 0.6 is 0 Å². The maximum Gasteiger partial charge on any atom is 0.156 e. The molecule has 6 heteroatoms. The van der Waals surface area contributed by atoms with E-state index < -0.39 is 0 Å². The van der Waals surface area contributed by atoms with Gasteiger partial charge in [-0.3, -0.25) is 9.58 Å². The molecular weight excluding hydrogens is 376 g/mol. The molecule has 5 rings (SSSR count). The van der Waals surface area contributed by atoms with Gasteiger partial charge >= 0.3 is 0 Å². The molecule has 3 aromatic heterocycles. The smallest absolute Gasteiger partial charge is 0.156 e. The first-order chi connectivity index (χ1) is 14.7. The third-order valence-electron chi connectivity index (χ3n) is 5.05. The summed E-state index contributed by atoms with van der Waals surface area (Å²) in [5, 5.41) is 9.97. The standard InChI is InChI=1S/C24H22N4O2/c1-27(17-21-11-12-29-26-21)15-20-16-28(14-18-7-3-2-4-8-18)25-24(20)23-13-19-9-5-6-10-22(19)30-23/h2-13,16H,14-15,17H2,1H3. The lowest BCUT2D eigenvalue weighted by Gasteiger charge is -2.14. The van der Waals surface area contributed by atoms with E-state index in [0.717, 1.165) is 33.7 Å². The first-order valence-corrected chi connectivity index (χ1v) is 9.91. The molecule has 0 atom stereocenters. The van der Waals surface area contributed by atoms with Crippen molar-refractivity contribution < 1.29 is 8.94 Å². The summed E-state index contributed by atoms with van der Waals surface area (Å²) < 4.78 is 13.1. The van der Waals surface area contributed by atoms with Gasteiger partial charge in [0.2, 0.25) is 0 Å². The normalized spacial score (nSPS) is 11.5. The highest BCUT2D eigenvalue weighted by Crippen LogP contribution is 2.30. The van der Waals surface area contributed by atoms with Gasteiger partial charge in [-0.1, -0.05) is 53.7 Å². The monoisotopic (exact) mass is 398 g/mol. The van der Waals surface area contributed by atoms with Gasteiger partial charge in [0.1, 0.15) is 17.5 Å². The lowest BCUT2D eigenvalue weighted by atomic mass is 10.2. The first-order valence-electron chi connectivity index (χ1n) is 9.91. The number of furan rings is 1. The molecular formula is C24H22N4O2.